The first-order valence-electron chi connectivity index (χ1n) is 7.38. The number of hydrogen-bond donors (Lipinski definition) is 2. The maximum atomic E-state index is 12.5. The van der Waals surface area contributed by atoms with Crippen molar-refractivity contribution in [2.45, 2.75) is 0 Å². The minimum atomic E-state index is -0.440. The summed E-state index contributed by atoms with van der Waals surface area (Å²) in [6.07, 6.45) is 0. The SMILES string of the molecule is COc1cc(N)cc(Br)c1NC(=O)c1ccc(-c2ccc(Cl)cc2Cl)o1. The van der Waals surface area contributed by atoms with Crippen LogP contribution in [0.4, 0.5) is 11.4 Å². The van der Waals surface area contributed by atoms with Gasteiger partial charge in [-0.15, -0.1) is 0 Å². The van der Waals surface area contributed by atoms with Gasteiger partial charge in [-0.2, -0.15) is 0 Å². The standard InChI is InChI=1S/C18H13BrCl2N2O3/c1-25-16-8-10(22)7-12(19)17(16)23-18(24)15-5-4-14(26-15)11-3-2-9(20)6-13(11)21/h2-8H,22H2,1H3,(H,23,24). The van der Waals surface area contributed by atoms with Crippen LogP contribution in [0.5, 0.6) is 5.75 Å². The van der Waals surface area contributed by atoms with Gasteiger partial charge in [-0.1, -0.05) is 23.2 Å². The fourth-order valence-corrected chi connectivity index (χ4v) is 3.41. The van der Waals surface area contributed by atoms with Gasteiger partial charge in [-0.3, -0.25) is 4.79 Å². The molecular weight excluding hydrogens is 443 g/mol. The third kappa shape index (κ3) is 3.82. The Hall–Kier alpha value is -2.15. The van der Waals surface area contributed by atoms with Gasteiger partial charge in [0.25, 0.3) is 5.91 Å². The van der Waals surface area contributed by atoms with Gasteiger partial charge in [0, 0.05) is 26.8 Å². The van der Waals surface area contributed by atoms with Crippen LogP contribution >= 0.6 is 39.1 Å². The molecule has 1 amide bonds. The third-order valence-corrected chi connectivity index (χ3v) is 4.73. The maximum absolute atomic E-state index is 12.5. The lowest BCUT2D eigenvalue weighted by Crippen LogP contribution is -2.12. The second kappa shape index (κ2) is 7.61. The highest BCUT2D eigenvalue weighted by atomic mass is 79.9. The predicted octanol–water partition coefficient (Wildman–Crippen LogP) is 5.86. The molecule has 1 aromatic heterocycles. The predicted molar refractivity (Wildman–Crippen MR) is 107 cm³/mol. The molecule has 3 rings (SSSR count). The van der Waals surface area contributed by atoms with Crippen molar-refractivity contribution in [3.63, 3.8) is 0 Å². The van der Waals surface area contributed by atoms with E-state index in [0.29, 0.717) is 43.0 Å². The molecule has 0 aliphatic rings. The number of rotatable bonds is 4. The quantitative estimate of drug-likeness (QED) is 0.483. The number of furan rings is 1. The zero-order valence-corrected chi connectivity index (χ0v) is 16.6. The molecule has 0 radical (unpaired) electrons. The van der Waals surface area contributed by atoms with Crippen molar-refractivity contribution in [1.29, 1.82) is 0 Å². The number of nitrogens with two attached hydrogens (primary N) is 1. The Kier molecular flexibility index (Phi) is 5.46. The molecule has 3 aromatic rings. The first-order chi connectivity index (χ1) is 12.4. The van der Waals surface area contributed by atoms with Crippen LogP contribution in [0.3, 0.4) is 0 Å². The van der Waals surface area contributed by atoms with E-state index in [1.54, 1.807) is 42.5 Å². The Morgan fingerprint density at radius 3 is 2.65 bits per heavy atom. The van der Waals surface area contributed by atoms with Gasteiger partial charge in [-0.05, 0) is 52.3 Å². The van der Waals surface area contributed by atoms with Gasteiger partial charge < -0.3 is 20.2 Å². The van der Waals surface area contributed by atoms with Crippen molar-refractivity contribution in [3.8, 4) is 17.1 Å². The molecule has 0 bridgehead atoms. The summed E-state index contributed by atoms with van der Waals surface area (Å²) >= 11 is 15.4. The number of anilines is 2. The average molecular weight is 456 g/mol. The Morgan fingerprint density at radius 2 is 1.96 bits per heavy atom. The lowest BCUT2D eigenvalue weighted by Gasteiger charge is -2.12. The molecule has 1 heterocycles. The molecule has 0 spiro atoms. The summed E-state index contributed by atoms with van der Waals surface area (Å²) in [6.45, 7) is 0. The minimum Gasteiger partial charge on any atom is -0.494 e. The highest BCUT2D eigenvalue weighted by Crippen LogP contribution is 2.36. The van der Waals surface area contributed by atoms with Gasteiger partial charge in [0.2, 0.25) is 0 Å². The van der Waals surface area contributed by atoms with Crippen LogP contribution in [0.15, 0.2) is 51.4 Å². The molecule has 0 aliphatic carbocycles. The van der Waals surface area contributed by atoms with E-state index in [9.17, 15) is 4.79 Å². The first-order valence-corrected chi connectivity index (χ1v) is 8.93. The molecular formula is C18H13BrCl2N2O3. The normalized spacial score (nSPS) is 10.6. The van der Waals surface area contributed by atoms with E-state index in [-0.39, 0.29) is 5.76 Å². The van der Waals surface area contributed by atoms with Crippen molar-refractivity contribution in [1.82, 2.24) is 0 Å². The van der Waals surface area contributed by atoms with Crippen LogP contribution in [0.2, 0.25) is 10.0 Å². The van der Waals surface area contributed by atoms with E-state index in [2.05, 4.69) is 21.2 Å². The van der Waals surface area contributed by atoms with Crippen LogP contribution in [-0.4, -0.2) is 13.0 Å². The van der Waals surface area contributed by atoms with Crippen LogP contribution in [0.25, 0.3) is 11.3 Å². The van der Waals surface area contributed by atoms with Crippen molar-refractivity contribution >= 4 is 56.4 Å². The number of ether oxygens (including phenoxy) is 1. The number of halogens is 3. The largest absolute Gasteiger partial charge is 0.494 e. The number of nitrogen functional groups attached to an aromatic ring is 1. The molecule has 134 valence electrons. The summed E-state index contributed by atoms with van der Waals surface area (Å²) in [5.74, 6) is 0.569. The molecule has 5 nitrogen and oxygen atoms in total. The lowest BCUT2D eigenvalue weighted by molar-refractivity contribution is 0.0997. The minimum absolute atomic E-state index is 0.122. The Morgan fingerprint density at radius 1 is 1.19 bits per heavy atom. The fraction of sp³-hybridized carbons (Fsp3) is 0.0556. The van der Waals surface area contributed by atoms with Gasteiger partial charge in [0.1, 0.15) is 11.5 Å². The third-order valence-electron chi connectivity index (χ3n) is 3.56. The van der Waals surface area contributed by atoms with E-state index >= 15 is 0 Å². The molecule has 0 saturated carbocycles. The molecule has 0 fully saturated rings. The molecule has 26 heavy (non-hydrogen) atoms. The fourth-order valence-electron chi connectivity index (χ4n) is 2.35. The first kappa shape index (κ1) is 18.6. The van der Waals surface area contributed by atoms with Crippen molar-refractivity contribution in [3.05, 3.63) is 62.7 Å². The van der Waals surface area contributed by atoms with Crippen LogP contribution in [0.1, 0.15) is 10.6 Å². The Balaban J connectivity index is 1.88. The summed E-state index contributed by atoms with van der Waals surface area (Å²) in [5.41, 5.74) is 7.37. The van der Waals surface area contributed by atoms with Crippen molar-refractivity contribution < 1.29 is 13.9 Å². The van der Waals surface area contributed by atoms with E-state index in [0.717, 1.165) is 0 Å². The topological polar surface area (TPSA) is 77.5 Å². The number of methoxy groups -OCH3 is 1. The molecule has 0 aliphatic heterocycles. The summed E-state index contributed by atoms with van der Waals surface area (Å²) in [7, 11) is 1.49. The summed E-state index contributed by atoms with van der Waals surface area (Å²) in [4.78, 5) is 12.5. The lowest BCUT2D eigenvalue weighted by atomic mass is 10.2. The molecule has 3 N–H and O–H groups in total. The van der Waals surface area contributed by atoms with Crippen LogP contribution in [-0.2, 0) is 0 Å². The second-order valence-corrected chi connectivity index (χ2v) is 7.02. The number of benzene rings is 2. The molecule has 0 unspecified atom stereocenters. The smallest absolute Gasteiger partial charge is 0.291 e. The number of nitrogens with one attached hydrogen (secondary N) is 1. The summed E-state index contributed by atoms with van der Waals surface area (Å²) in [5, 5.41) is 3.70. The molecule has 0 saturated heterocycles. The number of carbonyl (C=O) groups excluding carboxylic acids is 1. The monoisotopic (exact) mass is 454 g/mol. The van der Waals surface area contributed by atoms with E-state index < -0.39 is 5.91 Å². The summed E-state index contributed by atoms with van der Waals surface area (Å²) in [6, 6.07) is 11.5. The van der Waals surface area contributed by atoms with Crippen LogP contribution < -0.4 is 15.8 Å². The zero-order valence-electron chi connectivity index (χ0n) is 13.5. The van der Waals surface area contributed by atoms with Gasteiger partial charge in [0.15, 0.2) is 5.76 Å². The van der Waals surface area contributed by atoms with Gasteiger partial charge >= 0.3 is 0 Å². The Labute approximate surface area is 168 Å². The Bertz CT molecular complexity index is 989. The summed E-state index contributed by atoms with van der Waals surface area (Å²) < 4.78 is 11.5. The molecule has 0 atom stereocenters. The number of carbonyl (C=O) groups is 1. The van der Waals surface area contributed by atoms with Crippen molar-refractivity contribution in [2.24, 2.45) is 0 Å². The molecule has 8 heteroatoms. The highest BCUT2D eigenvalue weighted by Gasteiger charge is 2.18. The van der Waals surface area contributed by atoms with Crippen LogP contribution in [0, 0.1) is 0 Å². The van der Waals surface area contributed by atoms with Gasteiger partial charge in [-0.25, -0.2) is 0 Å². The van der Waals surface area contributed by atoms with E-state index in [1.165, 1.54) is 7.11 Å². The number of amides is 1. The van der Waals surface area contributed by atoms with E-state index in [4.69, 9.17) is 38.1 Å². The highest BCUT2D eigenvalue weighted by molar-refractivity contribution is 9.10. The zero-order chi connectivity index (χ0) is 18.8. The average Bonchev–Trinajstić information content (AvgIpc) is 3.06. The van der Waals surface area contributed by atoms with Gasteiger partial charge in [0.05, 0.1) is 17.8 Å². The number of hydrogen-bond acceptors (Lipinski definition) is 4. The maximum Gasteiger partial charge on any atom is 0.291 e. The molecule has 2 aromatic carbocycles. The second-order valence-electron chi connectivity index (χ2n) is 5.32. The van der Waals surface area contributed by atoms with Crippen molar-refractivity contribution in [2.75, 3.05) is 18.2 Å². The van der Waals surface area contributed by atoms with E-state index in [1.807, 2.05) is 0 Å².